The topological polar surface area (TPSA) is 41.5 Å². The van der Waals surface area contributed by atoms with Gasteiger partial charge in [0.05, 0.1) is 11.3 Å². The highest BCUT2D eigenvalue weighted by atomic mass is 32.1. The highest BCUT2D eigenvalue weighted by Gasteiger charge is 2.07. The monoisotopic (exact) mass is 314 g/mol. The summed E-state index contributed by atoms with van der Waals surface area (Å²) in [5.74, 6) is -0.155. The molecule has 0 aliphatic carbocycles. The Morgan fingerprint density at radius 2 is 1.91 bits per heavy atom. The van der Waals surface area contributed by atoms with Gasteiger partial charge in [-0.1, -0.05) is 44.5 Å². The van der Waals surface area contributed by atoms with Crippen molar-refractivity contribution in [2.45, 2.75) is 40.0 Å². The smallest absolute Gasteiger partial charge is 0.267 e. The fourth-order valence-electron chi connectivity index (χ4n) is 2.15. The third-order valence-corrected chi connectivity index (χ3v) is 4.58. The number of aryl methyl sites for hydroxylation is 2. The predicted octanol–water partition coefficient (Wildman–Crippen LogP) is 4.42. The SMILES string of the molecule is CCCc1ccc(/C(C)=N\NC(=O)c2csc(CC)c2)cc1. The van der Waals surface area contributed by atoms with E-state index >= 15 is 0 Å². The van der Waals surface area contributed by atoms with Gasteiger partial charge < -0.3 is 0 Å². The molecule has 116 valence electrons. The molecule has 2 aromatic rings. The van der Waals surface area contributed by atoms with Crippen LogP contribution in [-0.4, -0.2) is 11.6 Å². The van der Waals surface area contributed by atoms with Gasteiger partial charge in [0.15, 0.2) is 0 Å². The summed E-state index contributed by atoms with van der Waals surface area (Å²) in [7, 11) is 0. The van der Waals surface area contributed by atoms with Gasteiger partial charge in [-0.15, -0.1) is 11.3 Å². The highest BCUT2D eigenvalue weighted by Crippen LogP contribution is 2.15. The number of thiophene rings is 1. The van der Waals surface area contributed by atoms with E-state index in [0.717, 1.165) is 30.5 Å². The number of hydrogen-bond donors (Lipinski definition) is 1. The molecule has 0 aliphatic heterocycles. The molecule has 0 unspecified atom stereocenters. The Morgan fingerprint density at radius 3 is 2.50 bits per heavy atom. The first kappa shape index (κ1) is 16.4. The van der Waals surface area contributed by atoms with Crippen molar-refractivity contribution in [1.82, 2.24) is 5.43 Å². The van der Waals surface area contributed by atoms with Gasteiger partial charge in [0.25, 0.3) is 5.91 Å². The van der Waals surface area contributed by atoms with Crippen molar-refractivity contribution in [1.29, 1.82) is 0 Å². The normalized spacial score (nSPS) is 11.5. The van der Waals surface area contributed by atoms with Crippen LogP contribution in [0.25, 0.3) is 0 Å². The Hall–Kier alpha value is -1.94. The lowest BCUT2D eigenvalue weighted by Crippen LogP contribution is -2.18. The number of benzene rings is 1. The summed E-state index contributed by atoms with van der Waals surface area (Å²) < 4.78 is 0. The second-order valence-electron chi connectivity index (χ2n) is 5.24. The fourth-order valence-corrected chi connectivity index (χ4v) is 2.97. The number of hydrazone groups is 1. The summed E-state index contributed by atoms with van der Waals surface area (Å²) in [6.07, 6.45) is 3.18. The molecule has 2 rings (SSSR count). The minimum Gasteiger partial charge on any atom is -0.267 e. The van der Waals surface area contributed by atoms with Gasteiger partial charge in [0.2, 0.25) is 0 Å². The molecular formula is C18H22N2OS. The van der Waals surface area contributed by atoms with Crippen molar-refractivity contribution in [3.05, 3.63) is 57.3 Å². The van der Waals surface area contributed by atoms with Crippen LogP contribution >= 0.6 is 11.3 Å². The van der Waals surface area contributed by atoms with Crippen LogP contribution in [0, 0.1) is 0 Å². The van der Waals surface area contributed by atoms with E-state index in [1.807, 2.05) is 18.4 Å². The lowest BCUT2D eigenvalue weighted by atomic mass is 10.1. The summed E-state index contributed by atoms with van der Waals surface area (Å²) in [5, 5.41) is 6.08. The number of hydrogen-bond acceptors (Lipinski definition) is 3. The molecule has 1 amide bonds. The maximum atomic E-state index is 12.0. The lowest BCUT2D eigenvalue weighted by Gasteiger charge is -2.04. The van der Waals surface area contributed by atoms with E-state index in [0.29, 0.717) is 5.56 Å². The van der Waals surface area contributed by atoms with Crippen LogP contribution in [0.1, 0.15) is 53.6 Å². The first-order chi connectivity index (χ1) is 10.6. The summed E-state index contributed by atoms with van der Waals surface area (Å²) in [4.78, 5) is 13.2. The molecule has 22 heavy (non-hydrogen) atoms. The fraction of sp³-hybridized carbons (Fsp3) is 0.333. The number of nitrogens with zero attached hydrogens (tertiary/aromatic N) is 1. The maximum absolute atomic E-state index is 12.0. The van der Waals surface area contributed by atoms with Crippen LogP contribution in [0.3, 0.4) is 0 Å². The van der Waals surface area contributed by atoms with Gasteiger partial charge >= 0.3 is 0 Å². The minimum atomic E-state index is -0.155. The molecule has 0 aliphatic rings. The molecule has 1 aromatic carbocycles. The molecule has 0 atom stereocenters. The van der Waals surface area contributed by atoms with Crippen molar-refractivity contribution in [2.75, 3.05) is 0 Å². The summed E-state index contributed by atoms with van der Waals surface area (Å²) >= 11 is 1.61. The van der Waals surface area contributed by atoms with Gasteiger partial charge in [-0.05, 0) is 37.0 Å². The van der Waals surface area contributed by atoms with E-state index < -0.39 is 0 Å². The van der Waals surface area contributed by atoms with Gasteiger partial charge in [-0.25, -0.2) is 5.43 Å². The molecular weight excluding hydrogens is 292 g/mol. The van der Waals surface area contributed by atoms with E-state index in [4.69, 9.17) is 0 Å². The number of carbonyl (C=O) groups is 1. The van der Waals surface area contributed by atoms with Crippen LogP contribution in [0.5, 0.6) is 0 Å². The van der Waals surface area contributed by atoms with Crippen LogP contribution in [-0.2, 0) is 12.8 Å². The third kappa shape index (κ3) is 4.28. The predicted molar refractivity (Wildman–Crippen MR) is 93.8 cm³/mol. The zero-order chi connectivity index (χ0) is 15.9. The second-order valence-corrected chi connectivity index (χ2v) is 6.24. The Labute approximate surface area is 136 Å². The molecule has 1 aromatic heterocycles. The summed E-state index contributed by atoms with van der Waals surface area (Å²) in [6.45, 7) is 6.16. The largest absolute Gasteiger partial charge is 0.272 e. The van der Waals surface area contributed by atoms with E-state index in [1.165, 1.54) is 10.4 Å². The van der Waals surface area contributed by atoms with Crippen molar-refractivity contribution in [3.8, 4) is 0 Å². The van der Waals surface area contributed by atoms with Gasteiger partial charge in [0.1, 0.15) is 0 Å². The molecule has 3 nitrogen and oxygen atoms in total. The van der Waals surface area contributed by atoms with Crippen molar-refractivity contribution < 1.29 is 4.79 Å². The first-order valence-electron chi connectivity index (χ1n) is 7.65. The first-order valence-corrected chi connectivity index (χ1v) is 8.53. The zero-order valence-electron chi connectivity index (χ0n) is 13.3. The lowest BCUT2D eigenvalue weighted by molar-refractivity contribution is 0.0955. The molecule has 1 N–H and O–H groups in total. The summed E-state index contributed by atoms with van der Waals surface area (Å²) in [5.41, 5.74) is 6.47. The van der Waals surface area contributed by atoms with Gasteiger partial charge in [-0.3, -0.25) is 4.79 Å². The average molecular weight is 314 g/mol. The number of nitrogens with one attached hydrogen (secondary N) is 1. The van der Waals surface area contributed by atoms with E-state index in [1.54, 1.807) is 11.3 Å². The Bertz CT molecular complexity index is 656. The van der Waals surface area contributed by atoms with Gasteiger partial charge in [-0.2, -0.15) is 5.10 Å². The Kier molecular flexibility index (Phi) is 5.90. The van der Waals surface area contributed by atoms with Crippen molar-refractivity contribution in [2.24, 2.45) is 5.10 Å². The van der Waals surface area contributed by atoms with E-state index in [2.05, 4.69) is 48.6 Å². The molecule has 0 spiro atoms. The standard InChI is InChI=1S/C18H22N2OS/c1-4-6-14-7-9-15(10-8-14)13(3)19-20-18(21)16-11-17(5-2)22-12-16/h7-12H,4-6H2,1-3H3,(H,20,21)/b19-13-. The maximum Gasteiger partial charge on any atom is 0.272 e. The Balaban J connectivity index is 2.00. The number of carbonyl (C=O) groups excluding carboxylic acids is 1. The third-order valence-electron chi connectivity index (χ3n) is 3.50. The molecule has 0 saturated heterocycles. The molecule has 0 fully saturated rings. The van der Waals surface area contributed by atoms with Gasteiger partial charge in [0, 0.05) is 10.3 Å². The second kappa shape index (κ2) is 7.90. The molecule has 1 heterocycles. The van der Waals surface area contributed by atoms with Crippen LogP contribution in [0.15, 0.2) is 40.8 Å². The van der Waals surface area contributed by atoms with E-state index in [-0.39, 0.29) is 5.91 Å². The molecule has 0 saturated carbocycles. The van der Waals surface area contributed by atoms with Crippen LogP contribution in [0.2, 0.25) is 0 Å². The molecule has 0 radical (unpaired) electrons. The Morgan fingerprint density at radius 1 is 1.18 bits per heavy atom. The zero-order valence-corrected chi connectivity index (χ0v) is 14.2. The highest BCUT2D eigenvalue weighted by molar-refractivity contribution is 7.10. The van der Waals surface area contributed by atoms with Crippen molar-refractivity contribution in [3.63, 3.8) is 0 Å². The van der Waals surface area contributed by atoms with E-state index in [9.17, 15) is 4.79 Å². The number of amides is 1. The molecule has 0 bridgehead atoms. The van der Waals surface area contributed by atoms with Crippen molar-refractivity contribution >= 4 is 23.0 Å². The quantitative estimate of drug-likeness (QED) is 0.622. The number of rotatable bonds is 6. The van der Waals surface area contributed by atoms with Crippen LogP contribution < -0.4 is 5.43 Å². The molecule has 4 heteroatoms. The average Bonchev–Trinajstić information content (AvgIpc) is 3.02. The van der Waals surface area contributed by atoms with Crippen LogP contribution in [0.4, 0.5) is 0 Å². The minimum absolute atomic E-state index is 0.155. The summed E-state index contributed by atoms with van der Waals surface area (Å²) in [6, 6.07) is 10.3.